The van der Waals surface area contributed by atoms with Gasteiger partial charge in [0.05, 0.1) is 22.8 Å². The van der Waals surface area contributed by atoms with Crippen LogP contribution in [0.3, 0.4) is 0 Å². The summed E-state index contributed by atoms with van der Waals surface area (Å²) in [6, 6.07) is 32.8. The van der Waals surface area contributed by atoms with E-state index in [1.165, 1.54) is 0 Å². The predicted octanol–water partition coefficient (Wildman–Crippen LogP) is 7.42. The largest absolute Gasteiger partial charge is 0.311 e. The Morgan fingerprint density at radius 1 is 0.706 bits per heavy atom. The van der Waals surface area contributed by atoms with Crippen LogP contribution in [0.4, 0.5) is 22.7 Å². The molecule has 1 atom stereocenters. The van der Waals surface area contributed by atoms with Gasteiger partial charge < -0.3 is 4.90 Å². The molecule has 0 bridgehead atoms. The number of benzene rings is 4. The molecule has 0 saturated carbocycles. The summed E-state index contributed by atoms with van der Waals surface area (Å²) in [5.74, 6) is 0. The smallest absolute Gasteiger partial charge is 0.187 e. The molecule has 0 fully saturated rings. The van der Waals surface area contributed by atoms with E-state index in [2.05, 4.69) is 82.6 Å². The highest BCUT2D eigenvalue weighted by atomic mass is 35.5. The lowest BCUT2D eigenvalue weighted by atomic mass is 9.92. The Hall–Kier alpha value is -3.31. The summed E-state index contributed by atoms with van der Waals surface area (Å²) in [5, 5.41) is 5.85. The number of likely N-dealkylation sites (N-methyl/N-ethyl adjacent to an activating group) is 1. The summed E-state index contributed by atoms with van der Waals surface area (Å²) in [7, 11) is 3.98. The topological polar surface area (TPSA) is 22.1 Å². The van der Waals surface area contributed by atoms with Crippen LogP contribution in [-0.4, -0.2) is 24.8 Å². The molecule has 0 aliphatic carbocycles. The molecule has 1 spiro atoms. The molecule has 4 aromatic rings. The van der Waals surface area contributed by atoms with Crippen LogP contribution in [0.5, 0.6) is 0 Å². The maximum absolute atomic E-state index is 6.50. The Labute approximate surface area is 209 Å². The van der Waals surface area contributed by atoms with Crippen LogP contribution in [0.25, 0.3) is 0 Å². The van der Waals surface area contributed by atoms with Crippen LogP contribution >= 0.6 is 23.2 Å². The molecule has 2 aliphatic heterocycles. The van der Waals surface area contributed by atoms with Gasteiger partial charge in [-0.3, -0.25) is 10.0 Å². The van der Waals surface area contributed by atoms with Crippen molar-refractivity contribution in [2.75, 3.05) is 24.0 Å². The highest BCUT2D eigenvalue weighted by molar-refractivity contribution is 6.31. The van der Waals surface area contributed by atoms with Gasteiger partial charge in [-0.2, -0.15) is 5.01 Å². The minimum Gasteiger partial charge on any atom is -0.311 e. The van der Waals surface area contributed by atoms with Crippen molar-refractivity contribution >= 4 is 51.7 Å². The fraction of sp³-hybridized carbons (Fsp3) is 0.107. The third-order valence-corrected chi connectivity index (χ3v) is 7.14. The third-order valence-electron chi connectivity index (χ3n) is 6.67. The van der Waals surface area contributed by atoms with Gasteiger partial charge in [-0.1, -0.05) is 71.7 Å². The highest BCUT2D eigenvalue weighted by Gasteiger charge is 2.60. The Morgan fingerprint density at radius 2 is 1.32 bits per heavy atom. The first-order valence-electron chi connectivity index (χ1n) is 11.1. The fourth-order valence-corrected chi connectivity index (χ4v) is 5.82. The summed E-state index contributed by atoms with van der Waals surface area (Å²) in [5.41, 5.74) is 6.62. The Bertz CT molecular complexity index is 1450. The van der Waals surface area contributed by atoms with Crippen molar-refractivity contribution in [2.45, 2.75) is 5.66 Å². The molecule has 4 aromatic carbocycles. The number of hydrogen-bond acceptors (Lipinski definition) is 4. The van der Waals surface area contributed by atoms with Gasteiger partial charge in [-0.05, 0) is 48.5 Å². The van der Waals surface area contributed by atoms with E-state index in [1.807, 2.05) is 43.4 Å². The van der Waals surface area contributed by atoms with E-state index in [-0.39, 0.29) is 0 Å². The number of fused-ring (bicyclic) bond motifs is 3. The first kappa shape index (κ1) is 21.2. The van der Waals surface area contributed by atoms with Crippen molar-refractivity contribution in [3.05, 3.63) is 118 Å². The van der Waals surface area contributed by atoms with E-state index < -0.39 is 5.66 Å². The summed E-state index contributed by atoms with van der Waals surface area (Å²) < 4.78 is 0. The van der Waals surface area contributed by atoms with Crippen LogP contribution in [0.2, 0.25) is 10.0 Å². The zero-order valence-corrected chi connectivity index (χ0v) is 20.3. The maximum Gasteiger partial charge on any atom is 0.187 e. The second-order valence-electron chi connectivity index (χ2n) is 8.41. The molecule has 2 heterocycles. The van der Waals surface area contributed by atoms with Gasteiger partial charge in [0.2, 0.25) is 0 Å². The van der Waals surface area contributed by atoms with Gasteiger partial charge in [0.15, 0.2) is 5.66 Å². The molecular formula is C28H22Cl2N4. The van der Waals surface area contributed by atoms with Crippen LogP contribution in [-0.2, 0) is 5.66 Å². The van der Waals surface area contributed by atoms with Gasteiger partial charge in [-0.25, -0.2) is 0 Å². The predicted molar refractivity (Wildman–Crippen MR) is 142 cm³/mol. The number of rotatable bonds is 2. The molecule has 0 aromatic heterocycles. The number of hydrazine groups is 1. The SMILES string of the molecule is CN=C1c2ccccc2N(c2cccc(Cl)c2)C12c1ccccc1N(c1cccc(Cl)c1)N2C. The number of aliphatic imine (C=N–C) groups is 1. The highest BCUT2D eigenvalue weighted by Crippen LogP contribution is 2.58. The van der Waals surface area contributed by atoms with E-state index in [0.29, 0.717) is 10.0 Å². The monoisotopic (exact) mass is 484 g/mol. The minimum absolute atomic E-state index is 0.688. The lowest BCUT2D eigenvalue weighted by molar-refractivity contribution is 0.225. The van der Waals surface area contributed by atoms with Crippen molar-refractivity contribution in [3.8, 4) is 0 Å². The molecule has 34 heavy (non-hydrogen) atoms. The molecule has 168 valence electrons. The van der Waals surface area contributed by atoms with Gasteiger partial charge in [-0.15, -0.1) is 0 Å². The maximum atomic E-state index is 6.50. The van der Waals surface area contributed by atoms with Crippen LogP contribution in [0, 0.1) is 0 Å². The van der Waals surface area contributed by atoms with E-state index >= 15 is 0 Å². The lowest BCUT2D eigenvalue weighted by Crippen LogP contribution is -2.57. The molecule has 0 saturated heterocycles. The quantitative estimate of drug-likeness (QED) is 0.295. The normalized spacial score (nSPS) is 20.3. The van der Waals surface area contributed by atoms with Gasteiger partial charge in [0.25, 0.3) is 0 Å². The number of hydrogen-bond donors (Lipinski definition) is 0. The van der Waals surface area contributed by atoms with E-state index in [4.69, 9.17) is 28.2 Å². The van der Waals surface area contributed by atoms with Crippen molar-refractivity contribution in [1.29, 1.82) is 0 Å². The van der Waals surface area contributed by atoms with Crippen molar-refractivity contribution in [3.63, 3.8) is 0 Å². The van der Waals surface area contributed by atoms with Crippen LogP contribution in [0.15, 0.2) is 102 Å². The molecule has 0 N–H and O–H groups in total. The van der Waals surface area contributed by atoms with Gasteiger partial charge in [0, 0.05) is 41.0 Å². The number of para-hydroxylation sites is 2. The van der Waals surface area contributed by atoms with Gasteiger partial charge in [0.1, 0.15) is 0 Å². The van der Waals surface area contributed by atoms with Crippen molar-refractivity contribution in [1.82, 2.24) is 5.01 Å². The Kier molecular flexibility index (Phi) is 4.92. The van der Waals surface area contributed by atoms with Gasteiger partial charge >= 0.3 is 0 Å². The fourth-order valence-electron chi connectivity index (χ4n) is 5.45. The van der Waals surface area contributed by atoms with Crippen molar-refractivity contribution < 1.29 is 0 Å². The van der Waals surface area contributed by atoms with E-state index in [9.17, 15) is 0 Å². The zero-order chi connectivity index (χ0) is 23.4. The minimum atomic E-state index is -0.720. The Morgan fingerprint density at radius 3 is 2.03 bits per heavy atom. The van der Waals surface area contributed by atoms with E-state index in [1.54, 1.807) is 0 Å². The first-order chi connectivity index (χ1) is 16.6. The third kappa shape index (κ3) is 2.80. The lowest BCUT2D eigenvalue weighted by Gasteiger charge is -2.44. The summed E-state index contributed by atoms with van der Waals surface area (Å²) in [4.78, 5) is 7.25. The summed E-state index contributed by atoms with van der Waals surface area (Å²) in [6.45, 7) is 0. The first-order valence-corrected chi connectivity index (χ1v) is 11.8. The number of anilines is 4. The molecule has 6 rings (SSSR count). The molecule has 1 unspecified atom stereocenters. The average Bonchev–Trinajstić information content (AvgIpc) is 3.28. The number of halogens is 2. The molecule has 6 heteroatoms. The van der Waals surface area contributed by atoms with Crippen LogP contribution in [0.1, 0.15) is 11.1 Å². The van der Waals surface area contributed by atoms with Crippen molar-refractivity contribution in [2.24, 2.45) is 4.99 Å². The molecule has 2 aliphatic rings. The average molecular weight is 485 g/mol. The molecular weight excluding hydrogens is 463 g/mol. The van der Waals surface area contributed by atoms with E-state index in [0.717, 1.165) is 39.6 Å². The zero-order valence-electron chi connectivity index (χ0n) is 18.8. The Balaban J connectivity index is 1.70. The molecule has 0 radical (unpaired) electrons. The van der Waals surface area contributed by atoms with Crippen LogP contribution < -0.4 is 9.91 Å². The molecule has 4 nitrogen and oxygen atoms in total. The number of nitrogens with zero attached hydrogens (tertiary/aromatic N) is 4. The standard InChI is InChI=1S/C28H22Cl2N4/c1-31-27-23-13-3-5-15-25(23)33(21-11-7-9-19(29)17-21)28(27)24-14-4-6-16-26(24)34(32(28)2)22-12-8-10-20(30)18-22/h3-18H,1-2H3. The second-order valence-corrected chi connectivity index (χ2v) is 9.28. The second kappa shape index (κ2) is 7.88. The summed E-state index contributed by atoms with van der Waals surface area (Å²) in [6.07, 6.45) is 0. The summed E-state index contributed by atoms with van der Waals surface area (Å²) >= 11 is 12.9. The molecule has 0 amide bonds.